The molecule has 1 amide bonds. The summed E-state index contributed by atoms with van der Waals surface area (Å²) in [6, 6.07) is 28.1. The summed E-state index contributed by atoms with van der Waals surface area (Å²) >= 11 is 6.01. The Morgan fingerprint density at radius 3 is 1.84 bits per heavy atom. The minimum absolute atomic E-state index is 0.0404. The molecule has 0 fully saturated rings. The van der Waals surface area contributed by atoms with Gasteiger partial charge in [0, 0.05) is 38.2 Å². The van der Waals surface area contributed by atoms with Crippen molar-refractivity contribution in [2.24, 2.45) is 0 Å². The third kappa shape index (κ3) is 9.22. The molecule has 6 nitrogen and oxygen atoms in total. The van der Waals surface area contributed by atoms with Crippen molar-refractivity contribution in [3.8, 4) is 0 Å². The van der Waals surface area contributed by atoms with Gasteiger partial charge in [0.05, 0.1) is 16.8 Å². The number of ether oxygens (including phenoxy) is 1. The Morgan fingerprint density at radius 1 is 0.776 bits per heavy atom. The Kier molecular flexibility index (Phi) is 12.2. The summed E-state index contributed by atoms with van der Waals surface area (Å²) < 4.78 is 70.0. The van der Waals surface area contributed by atoms with E-state index in [1.807, 2.05) is 60.7 Å². The van der Waals surface area contributed by atoms with Crippen molar-refractivity contribution in [3.63, 3.8) is 0 Å². The molecule has 0 aliphatic rings. The van der Waals surface area contributed by atoms with Crippen LogP contribution in [0.4, 0.5) is 13.6 Å². The largest absolute Gasteiger partial charge is 0.444 e. The van der Waals surface area contributed by atoms with E-state index in [1.54, 1.807) is 20.8 Å². The van der Waals surface area contributed by atoms with Crippen LogP contribution in [0.5, 0.6) is 0 Å². The summed E-state index contributed by atoms with van der Waals surface area (Å²) in [7, 11) is -6.42. The number of hydrogen-bond donors (Lipinski definition) is 0. The molecule has 0 spiro atoms. The van der Waals surface area contributed by atoms with Gasteiger partial charge in [-0.25, -0.2) is 22.0 Å². The fourth-order valence-electron chi connectivity index (χ4n) is 5.57. The Hall–Kier alpha value is -3.44. The number of sulfone groups is 1. The van der Waals surface area contributed by atoms with Crippen molar-refractivity contribution in [3.05, 3.63) is 125 Å². The van der Waals surface area contributed by atoms with Gasteiger partial charge in [-0.1, -0.05) is 58.3 Å². The first-order chi connectivity index (χ1) is 23.0. The molecule has 4 rings (SSSR count). The van der Waals surface area contributed by atoms with E-state index in [0.717, 1.165) is 28.0 Å². The topological polar surface area (TPSA) is 72.9 Å². The summed E-state index contributed by atoms with van der Waals surface area (Å²) in [6.45, 7) is 11.5. The Balaban J connectivity index is 1.70. The fourth-order valence-corrected chi connectivity index (χ4v) is 11.2. The fraction of sp³-hybridized carbons (Fsp3) is 0.342. The molecular formula is C38H44ClF2NO5S2. The van der Waals surface area contributed by atoms with Gasteiger partial charge < -0.3 is 13.8 Å². The van der Waals surface area contributed by atoms with E-state index in [4.69, 9.17) is 20.5 Å². The molecule has 4 aromatic carbocycles. The summed E-state index contributed by atoms with van der Waals surface area (Å²) in [4.78, 5) is 16.9. The van der Waals surface area contributed by atoms with E-state index in [-0.39, 0.29) is 41.3 Å². The monoisotopic (exact) mass is 731 g/mol. The van der Waals surface area contributed by atoms with Crippen LogP contribution in [0.25, 0.3) is 0 Å². The standard InChI is InChI=1S/C38H44ClF2NO5S2/c1-37(2,3)47-36(43)42(25-26-46-48(38(4,5)6,30-13-9-7-10-14-30)31-15-11-8-12-16-31)24-23-35(33-27-29(40)19-22-34(33)41)49(44,45)32-20-17-28(39)18-21-32/h7-22,27,35H,23-26H2,1-6H3. The van der Waals surface area contributed by atoms with Crippen LogP contribution in [-0.2, 0) is 18.8 Å². The highest BCUT2D eigenvalue weighted by atomic mass is 35.5. The minimum atomic E-state index is -4.27. The Labute approximate surface area is 295 Å². The van der Waals surface area contributed by atoms with Gasteiger partial charge >= 0.3 is 6.09 Å². The highest BCUT2D eigenvalue weighted by Gasteiger charge is 2.42. The average molecular weight is 732 g/mol. The van der Waals surface area contributed by atoms with Crippen molar-refractivity contribution in [1.82, 2.24) is 4.90 Å². The second kappa shape index (κ2) is 15.6. The molecule has 0 bridgehead atoms. The third-order valence-electron chi connectivity index (χ3n) is 7.77. The molecule has 11 heteroatoms. The first-order valence-electron chi connectivity index (χ1n) is 16.0. The molecular weight excluding hydrogens is 688 g/mol. The third-order valence-corrected chi connectivity index (χ3v) is 14.3. The van der Waals surface area contributed by atoms with E-state index in [1.165, 1.54) is 29.2 Å². The number of halogens is 3. The summed E-state index contributed by atoms with van der Waals surface area (Å²) in [5, 5.41) is -1.20. The molecule has 0 radical (unpaired) electrons. The van der Waals surface area contributed by atoms with Crippen LogP contribution in [0.1, 0.15) is 58.8 Å². The SMILES string of the molecule is CC(C)(C)OC(=O)N(CCOS(c1ccccc1)(c1ccccc1)C(C)(C)C)CCC(c1cc(F)ccc1F)S(=O)(=O)c1ccc(Cl)cc1. The Bertz CT molecular complexity index is 1770. The lowest BCUT2D eigenvalue weighted by Crippen LogP contribution is -2.40. The van der Waals surface area contributed by atoms with Gasteiger partial charge in [-0.15, -0.1) is 0 Å². The van der Waals surface area contributed by atoms with Gasteiger partial charge in [-0.3, -0.25) is 0 Å². The first kappa shape index (κ1) is 38.4. The van der Waals surface area contributed by atoms with Gasteiger partial charge in [-0.2, -0.15) is 0 Å². The highest BCUT2D eigenvalue weighted by molar-refractivity contribution is 8.31. The molecule has 0 saturated heterocycles. The van der Waals surface area contributed by atoms with E-state index in [2.05, 4.69) is 20.8 Å². The molecule has 0 saturated carbocycles. The average Bonchev–Trinajstić information content (AvgIpc) is 3.03. The number of rotatable bonds is 12. The number of carbonyl (C=O) groups is 1. The van der Waals surface area contributed by atoms with Gasteiger partial charge in [-0.05, 0) is 115 Å². The molecule has 4 aromatic rings. The maximum Gasteiger partial charge on any atom is 0.410 e. The van der Waals surface area contributed by atoms with Crippen molar-refractivity contribution in [2.45, 2.75) is 78.2 Å². The number of carbonyl (C=O) groups excluding carboxylic acids is 1. The minimum Gasteiger partial charge on any atom is -0.444 e. The molecule has 0 N–H and O–H groups in total. The van der Waals surface area contributed by atoms with Crippen molar-refractivity contribution in [2.75, 3.05) is 19.7 Å². The molecule has 1 unspecified atom stereocenters. The lowest BCUT2D eigenvalue weighted by atomic mass is 10.1. The predicted molar refractivity (Wildman–Crippen MR) is 193 cm³/mol. The highest BCUT2D eigenvalue weighted by Crippen LogP contribution is 2.71. The molecule has 0 heterocycles. The zero-order valence-electron chi connectivity index (χ0n) is 28.7. The quantitative estimate of drug-likeness (QED) is 0.145. The van der Waals surface area contributed by atoms with Gasteiger partial charge in [0.15, 0.2) is 9.84 Å². The molecule has 0 aliphatic heterocycles. The van der Waals surface area contributed by atoms with Crippen molar-refractivity contribution in [1.29, 1.82) is 0 Å². The second-order valence-corrected chi connectivity index (χ2v) is 19.6. The smallest absolute Gasteiger partial charge is 0.410 e. The van der Waals surface area contributed by atoms with Crippen LogP contribution in [0.15, 0.2) is 118 Å². The predicted octanol–water partition coefficient (Wildman–Crippen LogP) is 10.4. The van der Waals surface area contributed by atoms with Crippen LogP contribution in [0, 0.1) is 11.6 Å². The molecule has 0 aromatic heterocycles. The normalized spacial score (nSPS) is 13.5. The zero-order chi connectivity index (χ0) is 36.0. The maximum atomic E-state index is 15.2. The number of hydrogen-bond acceptors (Lipinski definition) is 5. The van der Waals surface area contributed by atoms with Crippen LogP contribution in [0.2, 0.25) is 5.02 Å². The van der Waals surface area contributed by atoms with E-state index < -0.39 is 48.7 Å². The van der Waals surface area contributed by atoms with Gasteiger partial charge in [0.2, 0.25) is 0 Å². The zero-order valence-corrected chi connectivity index (χ0v) is 31.0. The lowest BCUT2D eigenvalue weighted by Gasteiger charge is -2.50. The lowest BCUT2D eigenvalue weighted by molar-refractivity contribution is 0.0226. The van der Waals surface area contributed by atoms with Gasteiger partial charge in [0.25, 0.3) is 0 Å². The Morgan fingerprint density at radius 2 is 1.33 bits per heavy atom. The summed E-state index contributed by atoms with van der Waals surface area (Å²) in [5.74, 6) is -1.66. The number of nitrogens with zero attached hydrogens (tertiary/aromatic N) is 1. The maximum absolute atomic E-state index is 15.2. The number of benzene rings is 4. The summed E-state index contributed by atoms with van der Waals surface area (Å²) in [6.07, 6.45) is -0.937. The van der Waals surface area contributed by atoms with Crippen molar-refractivity contribution < 1.29 is 30.9 Å². The second-order valence-electron chi connectivity index (χ2n) is 13.5. The van der Waals surface area contributed by atoms with Crippen LogP contribution in [0.3, 0.4) is 0 Å². The number of amides is 1. The first-order valence-corrected chi connectivity index (χ1v) is 19.4. The van der Waals surface area contributed by atoms with Crippen LogP contribution in [-0.4, -0.2) is 49.5 Å². The molecule has 1 atom stereocenters. The van der Waals surface area contributed by atoms with Crippen LogP contribution < -0.4 is 0 Å². The van der Waals surface area contributed by atoms with Gasteiger partial charge in [0.1, 0.15) is 17.2 Å². The summed E-state index contributed by atoms with van der Waals surface area (Å²) in [5.41, 5.74) is -1.19. The van der Waals surface area contributed by atoms with Crippen LogP contribution >= 0.6 is 21.9 Å². The molecule has 264 valence electrons. The molecule has 49 heavy (non-hydrogen) atoms. The van der Waals surface area contributed by atoms with E-state index in [9.17, 15) is 17.6 Å². The van der Waals surface area contributed by atoms with E-state index >= 15 is 4.39 Å². The molecule has 0 aliphatic carbocycles. The van der Waals surface area contributed by atoms with E-state index in [0.29, 0.717) is 5.02 Å². The van der Waals surface area contributed by atoms with Crippen molar-refractivity contribution >= 4 is 37.8 Å².